The summed E-state index contributed by atoms with van der Waals surface area (Å²) in [5.41, 5.74) is 40.5. The molecule has 6 aliphatic rings. The Balaban J connectivity index is 0.000000142. The Kier molecular flexibility index (Phi) is 12.9. The van der Waals surface area contributed by atoms with Crippen molar-refractivity contribution in [3.8, 4) is 67.8 Å². The minimum absolute atomic E-state index is 0.0231. The Morgan fingerprint density at radius 1 is 0.301 bits per heavy atom. The van der Waals surface area contributed by atoms with Gasteiger partial charge in [-0.05, 0) is 172 Å². The molecule has 0 amide bonds. The predicted octanol–water partition coefficient (Wildman–Crippen LogP) is 24.0. The summed E-state index contributed by atoms with van der Waals surface area (Å²) >= 11 is 14.6. The lowest BCUT2D eigenvalue weighted by atomic mass is 9.34. The first-order chi connectivity index (χ1) is 48.5. The zero-order valence-electron chi connectivity index (χ0n) is 63.5. The standard InChI is InChI=1S/C48H44BClN2.C48H47ClN2/c1-45(2,3)25-19-30-38-43(28-15-11-13-17-32(28)47(38,7)8)51-36-23-27(50)24-37-40(36)49(34(21-25)41(30)51)35-22-26(46(4,5)6)20-31-39-44(52(37)42(31)35)29-16-12-14-18-33(29)48(39,9)10;1-45(2,3)28-19-21-39-35(23-28)41-43(33-15-11-13-17-37(33)47(41,7)8)50(39)31-25-30(49)26-32(27-31)51-40-22-20-29(46(4,5)6)24-36(40)42-44(51)34-16-12-14-18-38(34)48(42,9)10/h11-24H,1-10H3;11-27H,1-10H3. The molecule has 7 heteroatoms. The van der Waals surface area contributed by atoms with Crippen LogP contribution in [0.1, 0.15) is 205 Å². The predicted molar refractivity (Wildman–Crippen MR) is 440 cm³/mol. The smallest absolute Gasteiger partial charge is 0.252 e. The number of nitrogens with zero attached hydrogens (tertiary/aromatic N) is 4. The Morgan fingerprint density at radius 3 is 0.922 bits per heavy atom. The van der Waals surface area contributed by atoms with Gasteiger partial charge in [-0.15, -0.1) is 0 Å². The van der Waals surface area contributed by atoms with E-state index in [0.717, 1.165) is 21.4 Å². The monoisotopic (exact) mass is 1380 g/mol. The SMILES string of the molecule is CC(C)(C)c1cc2c3c(c1)c1c(n3-c3cc(Cl)cc4c3B2c2cc(C(C)(C)C)cc3c5c(n-4c23)-c2ccccc2C5(C)C)-c2ccccc2C1(C)C.CC(C)(C)c1ccc2c(c1)c1c(n2-c2cc(Cl)cc(-n3c4c(c5cc(C(C)(C)C)ccc53)C(C)(C)c3ccccc3-4)c2)-c2ccccc2C1(C)C. The van der Waals surface area contributed by atoms with E-state index in [1.165, 1.54) is 183 Å². The number of hydrogen-bond acceptors (Lipinski definition) is 0. The summed E-state index contributed by atoms with van der Waals surface area (Å²) < 4.78 is 10.2. The molecule has 6 heterocycles. The molecular formula is C96H91BCl2N4. The highest BCUT2D eigenvalue weighted by Crippen LogP contribution is 2.60. The minimum Gasteiger partial charge on any atom is -0.310 e. The molecule has 0 saturated heterocycles. The highest BCUT2D eigenvalue weighted by Gasteiger charge is 2.51. The second kappa shape index (κ2) is 20.5. The van der Waals surface area contributed by atoms with Gasteiger partial charge < -0.3 is 18.3 Å². The lowest BCUT2D eigenvalue weighted by molar-refractivity contribution is 0.590. The topological polar surface area (TPSA) is 19.7 Å². The molecule has 0 bridgehead atoms. The summed E-state index contributed by atoms with van der Waals surface area (Å²) in [6.07, 6.45) is 0. The normalized spacial score (nSPS) is 16.2. The first-order valence-electron chi connectivity index (χ1n) is 37.4. The molecule has 4 nitrogen and oxygen atoms in total. The molecule has 512 valence electrons. The summed E-state index contributed by atoms with van der Waals surface area (Å²) in [5, 5.41) is 6.90. The summed E-state index contributed by atoms with van der Waals surface area (Å²) in [6.45, 7) is 47.3. The van der Waals surface area contributed by atoms with Crippen LogP contribution in [0.5, 0.6) is 0 Å². The maximum absolute atomic E-state index is 7.35. The Morgan fingerprint density at radius 2 is 0.592 bits per heavy atom. The molecule has 0 fully saturated rings. The first kappa shape index (κ1) is 64.8. The van der Waals surface area contributed by atoms with Crippen LogP contribution in [0.4, 0.5) is 0 Å². The van der Waals surface area contributed by atoms with Gasteiger partial charge in [0.25, 0.3) is 6.71 Å². The Labute approximate surface area is 618 Å². The molecule has 0 saturated carbocycles. The fraction of sp³-hybridized carbons (Fsp3) is 0.292. The van der Waals surface area contributed by atoms with Crippen LogP contribution in [-0.4, -0.2) is 25.0 Å². The van der Waals surface area contributed by atoms with Crippen LogP contribution in [-0.2, 0) is 43.3 Å². The van der Waals surface area contributed by atoms with Crippen molar-refractivity contribution in [1.29, 1.82) is 0 Å². The molecule has 10 aromatic carbocycles. The first-order valence-corrected chi connectivity index (χ1v) is 38.2. The van der Waals surface area contributed by atoms with E-state index in [1.54, 1.807) is 0 Å². The highest BCUT2D eigenvalue weighted by molar-refractivity contribution is 7.00. The third-order valence-corrected chi connectivity index (χ3v) is 25.8. The van der Waals surface area contributed by atoms with Crippen LogP contribution in [0, 0.1) is 0 Å². The average molecular weight is 1380 g/mol. The quantitative estimate of drug-likeness (QED) is 0.154. The van der Waals surface area contributed by atoms with Gasteiger partial charge in [0.1, 0.15) is 0 Å². The lowest BCUT2D eigenvalue weighted by Gasteiger charge is -2.36. The van der Waals surface area contributed by atoms with Gasteiger partial charge in [0, 0.05) is 109 Å². The average Bonchev–Trinajstić information content (AvgIpc) is 1.52. The Bertz CT molecular complexity index is 5820. The van der Waals surface area contributed by atoms with Crippen LogP contribution in [0.3, 0.4) is 0 Å². The van der Waals surface area contributed by atoms with Gasteiger partial charge in [0.05, 0.1) is 33.8 Å². The Hall–Kier alpha value is -9.00. The minimum atomic E-state index is -0.148. The molecule has 4 aliphatic carbocycles. The maximum Gasteiger partial charge on any atom is 0.252 e. The molecular weight excluding hydrogens is 1290 g/mol. The van der Waals surface area contributed by atoms with E-state index in [0.29, 0.717) is 0 Å². The number of fused-ring (bicyclic) bond motifs is 24. The fourth-order valence-electron chi connectivity index (χ4n) is 20.3. The maximum atomic E-state index is 7.35. The summed E-state index contributed by atoms with van der Waals surface area (Å²) in [7, 11) is 0. The molecule has 0 unspecified atom stereocenters. The summed E-state index contributed by atoms with van der Waals surface area (Å²) in [4.78, 5) is 0. The van der Waals surface area contributed by atoms with E-state index in [9.17, 15) is 0 Å². The molecule has 0 radical (unpaired) electrons. The van der Waals surface area contributed by atoms with E-state index < -0.39 is 0 Å². The van der Waals surface area contributed by atoms with Gasteiger partial charge in [0.15, 0.2) is 0 Å². The lowest BCUT2D eigenvalue weighted by Crippen LogP contribution is -2.60. The van der Waals surface area contributed by atoms with Crippen LogP contribution in [0.2, 0.25) is 10.0 Å². The van der Waals surface area contributed by atoms with Gasteiger partial charge in [-0.25, -0.2) is 0 Å². The van der Waals surface area contributed by atoms with E-state index in [4.69, 9.17) is 23.2 Å². The van der Waals surface area contributed by atoms with Crippen molar-refractivity contribution in [3.05, 3.63) is 265 Å². The van der Waals surface area contributed by atoms with Crippen molar-refractivity contribution in [3.63, 3.8) is 0 Å². The number of halogens is 2. The molecule has 4 aromatic heterocycles. The molecule has 0 spiro atoms. The van der Waals surface area contributed by atoms with Gasteiger partial charge >= 0.3 is 0 Å². The fourth-order valence-corrected chi connectivity index (χ4v) is 20.7. The largest absolute Gasteiger partial charge is 0.310 e. The van der Waals surface area contributed by atoms with Gasteiger partial charge in [-0.1, -0.05) is 283 Å². The number of aromatic nitrogens is 4. The van der Waals surface area contributed by atoms with Gasteiger partial charge in [0.2, 0.25) is 0 Å². The number of rotatable bonds is 2. The zero-order chi connectivity index (χ0) is 72.2. The number of benzene rings is 10. The van der Waals surface area contributed by atoms with E-state index in [-0.39, 0.29) is 50.0 Å². The third kappa shape index (κ3) is 8.50. The van der Waals surface area contributed by atoms with Crippen LogP contribution < -0.4 is 16.4 Å². The second-order valence-corrected chi connectivity index (χ2v) is 38.1. The second-order valence-electron chi connectivity index (χ2n) is 37.3. The van der Waals surface area contributed by atoms with Crippen molar-refractivity contribution in [2.45, 2.75) is 182 Å². The van der Waals surface area contributed by atoms with Crippen molar-refractivity contribution >= 4 is 89.9 Å². The molecule has 0 N–H and O–H groups in total. The van der Waals surface area contributed by atoms with Crippen LogP contribution in [0.15, 0.2) is 188 Å². The van der Waals surface area contributed by atoms with E-state index in [1.807, 2.05) is 0 Å². The molecule has 14 aromatic rings. The van der Waals surface area contributed by atoms with E-state index in [2.05, 4.69) is 345 Å². The van der Waals surface area contributed by atoms with Crippen LogP contribution in [0.25, 0.3) is 111 Å². The van der Waals surface area contributed by atoms with Gasteiger partial charge in [-0.2, -0.15) is 0 Å². The van der Waals surface area contributed by atoms with Crippen molar-refractivity contribution < 1.29 is 0 Å². The third-order valence-electron chi connectivity index (χ3n) is 25.4. The molecule has 2 aliphatic heterocycles. The van der Waals surface area contributed by atoms with Crippen molar-refractivity contribution in [2.75, 3.05) is 0 Å². The molecule has 103 heavy (non-hydrogen) atoms. The molecule has 0 atom stereocenters. The molecule has 20 rings (SSSR count). The van der Waals surface area contributed by atoms with Crippen LogP contribution >= 0.6 is 23.2 Å². The highest BCUT2D eigenvalue weighted by atomic mass is 35.5. The van der Waals surface area contributed by atoms with E-state index >= 15 is 0 Å². The zero-order valence-corrected chi connectivity index (χ0v) is 65.0. The van der Waals surface area contributed by atoms with Crippen molar-refractivity contribution in [2.24, 2.45) is 0 Å². The number of hydrogen-bond donors (Lipinski definition) is 0. The van der Waals surface area contributed by atoms with Crippen molar-refractivity contribution in [1.82, 2.24) is 18.3 Å². The van der Waals surface area contributed by atoms with Gasteiger partial charge in [-0.3, -0.25) is 0 Å². The summed E-state index contributed by atoms with van der Waals surface area (Å²) in [6, 6.07) is 71.7. The summed E-state index contributed by atoms with van der Waals surface area (Å²) in [5.74, 6) is 0.